The first-order valence-electron chi connectivity index (χ1n) is 10.4. The van der Waals surface area contributed by atoms with Crippen LogP contribution in [0.15, 0.2) is 57.5 Å². The van der Waals surface area contributed by atoms with Crippen LogP contribution in [0.1, 0.15) is 41.4 Å². The van der Waals surface area contributed by atoms with Gasteiger partial charge in [0.25, 0.3) is 5.91 Å². The van der Waals surface area contributed by atoms with Crippen LogP contribution in [0.2, 0.25) is 0 Å². The van der Waals surface area contributed by atoms with E-state index in [1.807, 2.05) is 41.3 Å². The van der Waals surface area contributed by atoms with E-state index in [0.717, 1.165) is 53.1 Å². The summed E-state index contributed by atoms with van der Waals surface area (Å²) in [5.74, 6) is 1.95. The van der Waals surface area contributed by atoms with Gasteiger partial charge in [0, 0.05) is 47.8 Å². The lowest BCUT2D eigenvalue weighted by atomic mass is 9.85. The number of hydrogen-bond acceptors (Lipinski definition) is 5. The van der Waals surface area contributed by atoms with Gasteiger partial charge in [0.15, 0.2) is 0 Å². The van der Waals surface area contributed by atoms with Crippen molar-refractivity contribution in [3.05, 3.63) is 64.5 Å². The fourth-order valence-electron chi connectivity index (χ4n) is 3.97. The average Bonchev–Trinajstić information content (AvgIpc) is 3.22. The molecule has 2 fully saturated rings. The van der Waals surface area contributed by atoms with Gasteiger partial charge >= 0.3 is 0 Å². The summed E-state index contributed by atoms with van der Waals surface area (Å²) in [5.41, 5.74) is 2.84. The number of aromatic nitrogens is 2. The molecular weight excluding hydrogens is 444 g/mol. The van der Waals surface area contributed by atoms with Gasteiger partial charge < -0.3 is 14.3 Å². The van der Waals surface area contributed by atoms with Crippen molar-refractivity contribution < 1.29 is 9.32 Å². The smallest absolute Gasteiger partial charge is 0.255 e. The zero-order valence-corrected chi connectivity index (χ0v) is 18.2. The topological polar surface area (TPSA) is 62.5 Å². The molecule has 0 N–H and O–H groups in total. The molecule has 1 aliphatic heterocycles. The Balaban J connectivity index is 1.22. The van der Waals surface area contributed by atoms with E-state index in [0.29, 0.717) is 24.8 Å². The monoisotopic (exact) mass is 466 g/mol. The molecule has 154 valence electrons. The number of carbonyl (C=O) groups is 1. The quantitative estimate of drug-likeness (QED) is 0.555. The Labute approximate surface area is 184 Å². The fraction of sp³-hybridized carbons (Fsp3) is 0.348. The first kappa shape index (κ1) is 19.3. The normalized spacial score (nSPS) is 17.1. The van der Waals surface area contributed by atoms with E-state index < -0.39 is 0 Å². The minimum absolute atomic E-state index is 0.0804. The number of piperazine rings is 1. The molecule has 0 atom stereocenters. The molecule has 7 heteroatoms. The lowest BCUT2D eigenvalue weighted by Crippen LogP contribution is -2.48. The number of rotatable bonds is 4. The minimum Gasteiger partial charge on any atom is -0.368 e. The van der Waals surface area contributed by atoms with Crippen molar-refractivity contribution in [1.82, 2.24) is 15.0 Å². The van der Waals surface area contributed by atoms with Crippen molar-refractivity contribution in [3.63, 3.8) is 0 Å². The molecular formula is C23H23BrN4O2. The van der Waals surface area contributed by atoms with Crippen molar-refractivity contribution in [1.29, 1.82) is 0 Å². The van der Waals surface area contributed by atoms with E-state index in [1.165, 1.54) is 6.42 Å². The molecule has 5 rings (SSSR count). The highest BCUT2D eigenvalue weighted by Crippen LogP contribution is 2.36. The third-order valence-electron chi connectivity index (χ3n) is 6.06. The highest BCUT2D eigenvalue weighted by atomic mass is 79.9. The van der Waals surface area contributed by atoms with E-state index in [9.17, 15) is 4.79 Å². The summed E-state index contributed by atoms with van der Waals surface area (Å²) in [6.07, 6.45) is 3.55. The third kappa shape index (κ3) is 3.74. The summed E-state index contributed by atoms with van der Waals surface area (Å²) < 4.78 is 6.28. The summed E-state index contributed by atoms with van der Waals surface area (Å²) in [6, 6.07) is 15.9. The average molecular weight is 467 g/mol. The Morgan fingerprint density at radius 3 is 2.40 bits per heavy atom. The van der Waals surface area contributed by atoms with Crippen LogP contribution in [0, 0.1) is 0 Å². The molecule has 0 spiro atoms. The Morgan fingerprint density at radius 2 is 1.73 bits per heavy atom. The first-order chi connectivity index (χ1) is 14.7. The second kappa shape index (κ2) is 8.22. The molecule has 1 amide bonds. The number of anilines is 1. The van der Waals surface area contributed by atoms with Gasteiger partial charge in [-0.05, 0) is 65.2 Å². The molecule has 0 bridgehead atoms. The maximum absolute atomic E-state index is 12.8. The zero-order valence-electron chi connectivity index (χ0n) is 16.6. The first-order valence-corrected chi connectivity index (χ1v) is 11.2. The van der Waals surface area contributed by atoms with Crippen LogP contribution in [-0.2, 0) is 0 Å². The second-order valence-electron chi connectivity index (χ2n) is 7.89. The van der Waals surface area contributed by atoms with E-state index in [2.05, 4.69) is 43.1 Å². The largest absolute Gasteiger partial charge is 0.368 e. The Bertz CT molecular complexity index is 1040. The van der Waals surface area contributed by atoms with Crippen LogP contribution in [0.5, 0.6) is 0 Å². The molecule has 30 heavy (non-hydrogen) atoms. The second-order valence-corrected chi connectivity index (χ2v) is 8.74. The number of benzene rings is 2. The predicted molar refractivity (Wildman–Crippen MR) is 119 cm³/mol. The molecule has 1 aliphatic carbocycles. The van der Waals surface area contributed by atoms with Gasteiger partial charge in [-0.1, -0.05) is 23.7 Å². The van der Waals surface area contributed by atoms with Crippen molar-refractivity contribution in [3.8, 4) is 11.4 Å². The van der Waals surface area contributed by atoms with Gasteiger partial charge in [-0.25, -0.2) is 0 Å². The highest BCUT2D eigenvalue weighted by Gasteiger charge is 2.26. The molecule has 6 nitrogen and oxygen atoms in total. The van der Waals surface area contributed by atoms with Crippen molar-refractivity contribution in [2.24, 2.45) is 0 Å². The van der Waals surface area contributed by atoms with Crippen LogP contribution in [0.4, 0.5) is 5.69 Å². The molecule has 1 aromatic heterocycles. The molecule has 2 heterocycles. The van der Waals surface area contributed by atoms with Crippen LogP contribution in [-0.4, -0.2) is 47.1 Å². The lowest BCUT2D eigenvalue weighted by molar-refractivity contribution is 0.0746. The van der Waals surface area contributed by atoms with E-state index in [4.69, 9.17) is 4.52 Å². The fourth-order valence-corrected chi connectivity index (χ4v) is 4.42. The van der Waals surface area contributed by atoms with Gasteiger partial charge in [0.05, 0.1) is 5.56 Å². The molecule has 0 radical (unpaired) electrons. The van der Waals surface area contributed by atoms with Crippen molar-refractivity contribution in [2.75, 3.05) is 31.1 Å². The number of hydrogen-bond donors (Lipinski definition) is 0. The van der Waals surface area contributed by atoms with E-state index in [1.54, 1.807) is 0 Å². The maximum atomic E-state index is 12.8. The van der Waals surface area contributed by atoms with E-state index in [-0.39, 0.29) is 5.91 Å². The predicted octanol–water partition coefficient (Wildman–Crippen LogP) is 4.73. The summed E-state index contributed by atoms with van der Waals surface area (Å²) in [6.45, 7) is 3.03. The van der Waals surface area contributed by atoms with E-state index >= 15 is 0 Å². The minimum atomic E-state index is 0.0804. The standard InChI is InChI=1S/C23H23BrN4O2/c24-20-7-2-1-6-19(20)23(29)28-14-12-27(13-15-28)18-10-8-16(9-11-18)21-25-22(30-26-21)17-4-3-5-17/h1-2,6-11,17H,3-5,12-15H2. The molecule has 2 aromatic carbocycles. The van der Waals surface area contributed by atoms with Gasteiger partial charge in [0.1, 0.15) is 0 Å². The maximum Gasteiger partial charge on any atom is 0.255 e. The Kier molecular flexibility index (Phi) is 5.29. The number of amides is 1. The Hall–Kier alpha value is -2.67. The van der Waals surface area contributed by atoms with Gasteiger partial charge in [-0.2, -0.15) is 4.98 Å². The number of carbonyl (C=O) groups excluding carboxylic acids is 1. The van der Waals surface area contributed by atoms with Crippen LogP contribution < -0.4 is 4.90 Å². The van der Waals surface area contributed by atoms with Gasteiger partial charge in [-0.3, -0.25) is 4.79 Å². The molecule has 0 unspecified atom stereocenters. The lowest BCUT2D eigenvalue weighted by Gasteiger charge is -2.36. The number of halogens is 1. The molecule has 1 saturated carbocycles. The van der Waals surface area contributed by atoms with Gasteiger partial charge in [0.2, 0.25) is 11.7 Å². The van der Waals surface area contributed by atoms with Crippen LogP contribution in [0.25, 0.3) is 11.4 Å². The SMILES string of the molecule is O=C(c1ccccc1Br)N1CCN(c2ccc(-c3noc(C4CCC4)n3)cc2)CC1. The summed E-state index contributed by atoms with van der Waals surface area (Å²) in [7, 11) is 0. The summed E-state index contributed by atoms with van der Waals surface area (Å²) in [4.78, 5) is 21.6. The summed E-state index contributed by atoms with van der Waals surface area (Å²) in [5, 5.41) is 4.15. The number of nitrogens with zero attached hydrogens (tertiary/aromatic N) is 4. The third-order valence-corrected chi connectivity index (χ3v) is 6.75. The molecule has 2 aliphatic rings. The zero-order chi connectivity index (χ0) is 20.5. The van der Waals surface area contributed by atoms with Crippen LogP contribution >= 0.6 is 15.9 Å². The Morgan fingerprint density at radius 1 is 1.00 bits per heavy atom. The van der Waals surface area contributed by atoms with Crippen molar-refractivity contribution in [2.45, 2.75) is 25.2 Å². The molecule has 3 aromatic rings. The highest BCUT2D eigenvalue weighted by molar-refractivity contribution is 9.10. The molecule has 1 saturated heterocycles. The van der Waals surface area contributed by atoms with Gasteiger partial charge in [-0.15, -0.1) is 0 Å². The van der Waals surface area contributed by atoms with Crippen molar-refractivity contribution >= 4 is 27.5 Å². The van der Waals surface area contributed by atoms with Crippen LogP contribution in [0.3, 0.4) is 0 Å². The summed E-state index contributed by atoms with van der Waals surface area (Å²) >= 11 is 3.48.